The van der Waals surface area contributed by atoms with E-state index in [1.54, 1.807) is 30.0 Å². The summed E-state index contributed by atoms with van der Waals surface area (Å²) in [7, 11) is -3.93. The van der Waals surface area contributed by atoms with E-state index >= 15 is 0 Å². The highest BCUT2D eigenvalue weighted by atomic mass is 35.5. The molecule has 156 valence electrons. The van der Waals surface area contributed by atoms with Crippen LogP contribution in [0.4, 0.5) is 0 Å². The number of halogens is 3. The third kappa shape index (κ3) is 4.88. The third-order valence-corrected chi connectivity index (χ3v) is 8.25. The molecule has 2 heterocycles. The number of rotatable bonds is 4. The third-order valence-electron chi connectivity index (χ3n) is 5.04. The van der Waals surface area contributed by atoms with Crippen LogP contribution in [0, 0.1) is 12.8 Å². The van der Waals surface area contributed by atoms with Crippen LogP contribution >= 0.6 is 34.8 Å². The van der Waals surface area contributed by atoms with Crippen LogP contribution in [0.5, 0.6) is 0 Å². The Labute approximate surface area is 185 Å². The first kappa shape index (κ1) is 22.3. The number of carbonyl (C=O) groups is 1. The van der Waals surface area contributed by atoms with Crippen molar-refractivity contribution in [2.24, 2.45) is 5.92 Å². The van der Waals surface area contributed by atoms with Gasteiger partial charge in [0.25, 0.3) is 5.91 Å². The molecule has 1 saturated heterocycles. The van der Waals surface area contributed by atoms with Crippen LogP contribution in [0.2, 0.25) is 15.1 Å². The Balaban J connectivity index is 1.88. The fourth-order valence-electron chi connectivity index (χ4n) is 3.29. The van der Waals surface area contributed by atoms with E-state index in [0.717, 1.165) is 12.8 Å². The van der Waals surface area contributed by atoms with Crippen molar-refractivity contribution < 1.29 is 13.2 Å². The van der Waals surface area contributed by atoms with Gasteiger partial charge in [0.2, 0.25) is 0 Å². The molecule has 0 radical (unpaired) electrons. The molecule has 1 fully saturated rings. The number of carbonyl (C=O) groups excluding carboxylic acids is 1. The largest absolute Gasteiger partial charge is 0.337 e. The van der Waals surface area contributed by atoms with Gasteiger partial charge < -0.3 is 4.90 Å². The van der Waals surface area contributed by atoms with Crippen LogP contribution in [0.25, 0.3) is 0 Å². The Morgan fingerprint density at radius 3 is 2.48 bits per heavy atom. The molecule has 2 aromatic rings. The van der Waals surface area contributed by atoms with Gasteiger partial charge in [-0.05, 0) is 49.4 Å². The zero-order valence-electron chi connectivity index (χ0n) is 16.1. The predicted octanol–water partition coefficient (Wildman–Crippen LogP) is 5.20. The normalized spacial score (nSPS) is 15.6. The molecule has 9 heteroatoms. The molecule has 0 saturated carbocycles. The number of aromatic nitrogens is 1. The minimum Gasteiger partial charge on any atom is -0.337 e. The van der Waals surface area contributed by atoms with Crippen LogP contribution in [0.3, 0.4) is 0 Å². The maximum Gasteiger partial charge on any atom is 0.272 e. The molecule has 1 aliphatic heterocycles. The van der Waals surface area contributed by atoms with E-state index in [2.05, 4.69) is 11.9 Å². The zero-order valence-corrected chi connectivity index (χ0v) is 19.2. The molecule has 1 aromatic heterocycles. The summed E-state index contributed by atoms with van der Waals surface area (Å²) in [6.07, 6.45) is 1.90. The van der Waals surface area contributed by atoms with Crippen molar-refractivity contribution in [3.63, 3.8) is 0 Å². The summed E-state index contributed by atoms with van der Waals surface area (Å²) in [6, 6.07) is 6.30. The van der Waals surface area contributed by atoms with E-state index in [9.17, 15) is 13.2 Å². The van der Waals surface area contributed by atoms with Crippen molar-refractivity contribution >= 4 is 50.5 Å². The number of pyridine rings is 1. The summed E-state index contributed by atoms with van der Waals surface area (Å²) >= 11 is 18.4. The number of likely N-dealkylation sites (tertiary alicyclic amines) is 1. The minimum atomic E-state index is -3.93. The second-order valence-electron chi connectivity index (χ2n) is 7.38. The van der Waals surface area contributed by atoms with Crippen molar-refractivity contribution in [1.29, 1.82) is 0 Å². The summed E-state index contributed by atoms with van der Waals surface area (Å²) in [6.45, 7) is 5.17. The maximum atomic E-state index is 13.0. The number of aryl methyl sites for hydroxylation is 1. The van der Waals surface area contributed by atoms with Crippen LogP contribution in [-0.4, -0.2) is 37.3 Å². The Morgan fingerprint density at radius 2 is 1.83 bits per heavy atom. The minimum absolute atomic E-state index is 0.0362. The standard InChI is InChI=1S/C20H21Cl3N2O3S/c1-12-6-8-25(9-7-12)20(26)16-5-3-4-14(24-16)11-29(27,28)19-17(22)13(2)10-15(21)18(19)23/h3-5,10,12H,6-9,11H2,1-2H3. The van der Waals surface area contributed by atoms with Gasteiger partial charge >= 0.3 is 0 Å². The molecule has 0 unspecified atom stereocenters. The van der Waals surface area contributed by atoms with E-state index in [1.165, 1.54) is 6.07 Å². The molecular formula is C20H21Cl3N2O3S. The molecule has 1 aliphatic rings. The number of hydrogen-bond donors (Lipinski definition) is 0. The molecular weight excluding hydrogens is 455 g/mol. The van der Waals surface area contributed by atoms with E-state index in [-0.39, 0.29) is 37.3 Å². The first-order valence-corrected chi connectivity index (χ1v) is 12.0. The second kappa shape index (κ2) is 8.80. The van der Waals surface area contributed by atoms with Crippen LogP contribution in [0.15, 0.2) is 29.2 Å². The van der Waals surface area contributed by atoms with E-state index in [1.807, 2.05) is 0 Å². The lowest BCUT2D eigenvalue weighted by molar-refractivity contribution is 0.0691. The van der Waals surface area contributed by atoms with Crippen molar-refractivity contribution in [2.45, 2.75) is 37.3 Å². The number of sulfone groups is 1. The Kier molecular flexibility index (Phi) is 6.78. The van der Waals surface area contributed by atoms with Gasteiger partial charge in [-0.25, -0.2) is 13.4 Å². The Hall–Kier alpha value is -1.34. The lowest BCUT2D eigenvalue weighted by Gasteiger charge is -2.30. The SMILES string of the molecule is Cc1cc(Cl)c(Cl)c(S(=O)(=O)Cc2cccc(C(=O)N3CCC(C)CC3)n2)c1Cl. The number of hydrogen-bond acceptors (Lipinski definition) is 4. The first-order valence-electron chi connectivity index (χ1n) is 9.22. The zero-order chi connectivity index (χ0) is 21.3. The van der Waals surface area contributed by atoms with Crippen LogP contribution in [-0.2, 0) is 15.6 Å². The molecule has 0 atom stereocenters. The highest BCUT2D eigenvalue weighted by Gasteiger charge is 2.27. The second-order valence-corrected chi connectivity index (χ2v) is 10.5. The number of amides is 1. The highest BCUT2D eigenvalue weighted by molar-refractivity contribution is 7.90. The molecule has 0 aliphatic carbocycles. The van der Waals surface area contributed by atoms with Crippen molar-refractivity contribution in [3.05, 3.63) is 56.3 Å². The van der Waals surface area contributed by atoms with Crippen LogP contribution < -0.4 is 0 Å². The molecule has 1 amide bonds. The molecule has 3 rings (SSSR count). The molecule has 0 N–H and O–H groups in total. The van der Waals surface area contributed by atoms with Gasteiger partial charge in [-0.3, -0.25) is 4.79 Å². The van der Waals surface area contributed by atoms with Gasteiger partial charge in [0.15, 0.2) is 9.84 Å². The average Bonchev–Trinajstić information content (AvgIpc) is 2.66. The topological polar surface area (TPSA) is 67.3 Å². The Bertz CT molecular complexity index is 1020. The molecule has 0 bridgehead atoms. The monoisotopic (exact) mass is 474 g/mol. The first-order chi connectivity index (χ1) is 13.6. The summed E-state index contributed by atoms with van der Waals surface area (Å²) < 4.78 is 26.0. The lowest BCUT2D eigenvalue weighted by atomic mass is 9.99. The summed E-state index contributed by atoms with van der Waals surface area (Å²) in [4.78, 5) is 18.6. The van der Waals surface area contributed by atoms with Gasteiger partial charge in [0.05, 0.1) is 26.5 Å². The fraction of sp³-hybridized carbons (Fsp3) is 0.400. The number of benzene rings is 1. The van der Waals surface area contributed by atoms with Gasteiger partial charge in [-0.2, -0.15) is 0 Å². The van der Waals surface area contributed by atoms with E-state index in [4.69, 9.17) is 34.8 Å². The van der Waals surface area contributed by atoms with Gasteiger partial charge in [-0.1, -0.05) is 47.8 Å². The van der Waals surface area contributed by atoms with Crippen molar-refractivity contribution in [1.82, 2.24) is 9.88 Å². The quantitative estimate of drug-likeness (QED) is 0.570. The lowest BCUT2D eigenvalue weighted by Crippen LogP contribution is -2.38. The predicted molar refractivity (Wildman–Crippen MR) is 116 cm³/mol. The number of piperidine rings is 1. The smallest absolute Gasteiger partial charge is 0.272 e. The van der Waals surface area contributed by atoms with Gasteiger partial charge in [-0.15, -0.1) is 0 Å². The van der Waals surface area contributed by atoms with E-state index in [0.29, 0.717) is 24.6 Å². The van der Waals surface area contributed by atoms with Gasteiger partial charge in [0.1, 0.15) is 10.6 Å². The molecule has 29 heavy (non-hydrogen) atoms. The molecule has 0 spiro atoms. The van der Waals surface area contributed by atoms with Crippen LogP contribution in [0.1, 0.15) is 41.5 Å². The molecule has 1 aromatic carbocycles. The average molecular weight is 476 g/mol. The van der Waals surface area contributed by atoms with Crippen molar-refractivity contribution in [2.75, 3.05) is 13.1 Å². The van der Waals surface area contributed by atoms with Crippen molar-refractivity contribution in [3.8, 4) is 0 Å². The maximum absolute atomic E-state index is 13.0. The highest BCUT2D eigenvalue weighted by Crippen LogP contribution is 2.38. The summed E-state index contributed by atoms with van der Waals surface area (Å²) in [5.41, 5.74) is 0.980. The summed E-state index contributed by atoms with van der Waals surface area (Å²) in [5.74, 6) is -0.0327. The number of nitrogens with zero attached hydrogens (tertiary/aromatic N) is 2. The fourth-order valence-corrected chi connectivity index (χ4v) is 6.17. The molecule has 5 nitrogen and oxygen atoms in total. The van der Waals surface area contributed by atoms with Gasteiger partial charge in [0, 0.05) is 13.1 Å². The Morgan fingerprint density at radius 1 is 1.17 bits per heavy atom. The van der Waals surface area contributed by atoms with E-state index < -0.39 is 15.6 Å². The summed E-state index contributed by atoms with van der Waals surface area (Å²) in [5, 5.41) is 0.0364.